The van der Waals surface area contributed by atoms with E-state index in [1.807, 2.05) is 0 Å². The second-order valence-corrected chi connectivity index (χ2v) is 4.27. The number of phenols is 2. The maximum atomic E-state index is 12.0. The van der Waals surface area contributed by atoms with Gasteiger partial charge >= 0.3 is 0 Å². The number of phenolic OH excluding ortho intramolecular Hbond substituents is 2. The molecule has 20 heavy (non-hydrogen) atoms. The molecule has 0 bridgehead atoms. The van der Waals surface area contributed by atoms with Crippen LogP contribution in [-0.2, 0) is 0 Å². The molecule has 3 aromatic rings. The summed E-state index contributed by atoms with van der Waals surface area (Å²) in [5.74, 6) is -0.676. The van der Waals surface area contributed by atoms with E-state index in [1.54, 1.807) is 0 Å². The van der Waals surface area contributed by atoms with Crippen LogP contribution in [0.25, 0.3) is 16.9 Å². The Balaban J connectivity index is 2.29. The maximum Gasteiger partial charge on any atom is 0.258 e. The summed E-state index contributed by atoms with van der Waals surface area (Å²) in [6.45, 7) is 0. The van der Waals surface area contributed by atoms with Crippen molar-refractivity contribution in [2.45, 2.75) is 0 Å². The minimum atomic E-state index is -0.353. The molecule has 0 atom stereocenters. The van der Waals surface area contributed by atoms with Gasteiger partial charge in [-0.1, -0.05) is 0 Å². The predicted octanol–water partition coefficient (Wildman–Crippen LogP) is 1.48. The monoisotopic (exact) mass is 270 g/mol. The molecule has 0 spiro atoms. The van der Waals surface area contributed by atoms with Gasteiger partial charge in [0, 0.05) is 17.8 Å². The zero-order chi connectivity index (χ0) is 14.3. The van der Waals surface area contributed by atoms with Crippen molar-refractivity contribution >= 4 is 5.65 Å². The number of aromatic hydroxyl groups is 3. The first kappa shape index (κ1) is 12.0. The topological polar surface area (TPSA) is 95.1 Å². The molecule has 0 saturated heterocycles. The van der Waals surface area contributed by atoms with Crippen molar-refractivity contribution in [1.29, 1.82) is 0 Å². The van der Waals surface area contributed by atoms with Gasteiger partial charge in [0.1, 0.15) is 0 Å². The highest BCUT2D eigenvalue weighted by atomic mass is 16.3. The lowest BCUT2D eigenvalue weighted by Gasteiger charge is -2.06. The van der Waals surface area contributed by atoms with E-state index < -0.39 is 0 Å². The molecule has 6 nitrogen and oxygen atoms in total. The molecular formula is C14H10N2O4. The molecule has 0 amide bonds. The molecule has 0 aliphatic carbocycles. The molecular weight excluding hydrogens is 260 g/mol. The van der Waals surface area contributed by atoms with Crippen molar-refractivity contribution in [3.8, 4) is 28.5 Å². The van der Waals surface area contributed by atoms with Gasteiger partial charge in [-0.2, -0.15) is 0 Å². The Bertz CT molecular complexity index is 871. The molecule has 0 aliphatic heterocycles. The summed E-state index contributed by atoms with van der Waals surface area (Å²) < 4.78 is 1.22. The first-order chi connectivity index (χ1) is 9.56. The number of aromatic nitrogens is 2. The molecule has 0 fully saturated rings. The third kappa shape index (κ3) is 1.83. The van der Waals surface area contributed by atoms with E-state index in [1.165, 1.54) is 47.0 Å². The third-order valence-electron chi connectivity index (χ3n) is 2.94. The summed E-state index contributed by atoms with van der Waals surface area (Å²) in [6.07, 6.45) is 1.50. The van der Waals surface area contributed by atoms with Gasteiger partial charge in [0.2, 0.25) is 0 Å². The van der Waals surface area contributed by atoms with Crippen LogP contribution in [0.4, 0.5) is 0 Å². The summed E-state index contributed by atoms with van der Waals surface area (Å²) in [5, 5.41) is 28.5. The number of hydrogen-bond donors (Lipinski definition) is 3. The van der Waals surface area contributed by atoms with Gasteiger partial charge in [-0.3, -0.25) is 9.20 Å². The lowest BCUT2D eigenvalue weighted by molar-refractivity contribution is 0.404. The molecule has 3 rings (SSSR count). The van der Waals surface area contributed by atoms with Gasteiger partial charge in [-0.05, 0) is 30.3 Å². The Morgan fingerprint density at radius 2 is 1.75 bits per heavy atom. The smallest absolute Gasteiger partial charge is 0.258 e. The van der Waals surface area contributed by atoms with Gasteiger partial charge in [0.15, 0.2) is 22.9 Å². The van der Waals surface area contributed by atoms with E-state index in [2.05, 4.69) is 4.98 Å². The highest BCUT2D eigenvalue weighted by molar-refractivity contribution is 5.66. The van der Waals surface area contributed by atoms with Crippen LogP contribution in [0.1, 0.15) is 0 Å². The minimum absolute atomic E-state index is 0.116. The number of rotatable bonds is 1. The average molecular weight is 270 g/mol. The highest BCUT2D eigenvalue weighted by Gasteiger charge is 2.09. The maximum absolute atomic E-state index is 12.0. The summed E-state index contributed by atoms with van der Waals surface area (Å²) in [6, 6.07) is 8.38. The fraction of sp³-hybridized carbons (Fsp3) is 0. The van der Waals surface area contributed by atoms with Gasteiger partial charge in [0.05, 0.1) is 5.69 Å². The molecule has 6 heteroatoms. The van der Waals surface area contributed by atoms with Crippen LogP contribution in [-0.4, -0.2) is 24.7 Å². The zero-order valence-electron chi connectivity index (χ0n) is 10.2. The highest BCUT2D eigenvalue weighted by Crippen LogP contribution is 2.29. The Labute approximate surface area is 112 Å². The van der Waals surface area contributed by atoms with Crippen molar-refractivity contribution in [3.05, 3.63) is 52.9 Å². The summed E-state index contributed by atoms with van der Waals surface area (Å²) in [7, 11) is 0. The minimum Gasteiger partial charge on any atom is -0.504 e. The van der Waals surface area contributed by atoms with E-state index in [4.69, 9.17) is 0 Å². The van der Waals surface area contributed by atoms with Crippen molar-refractivity contribution in [2.75, 3.05) is 0 Å². The van der Waals surface area contributed by atoms with E-state index in [9.17, 15) is 20.1 Å². The Morgan fingerprint density at radius 3 is 2.50 bits per heavy atom. The number of nitrogens with zero attached hydrogens (tertiary/aromatic N) is 2. The van der Waals surface area contributed by atoms with Gasteiger partial charge < -0.3 is 15.3 Å². The number of fused-ring (bicyclic) bond motifs is 1. The van der Waals surface area contributed by atoms with Crippen molar-refractivity contribution < 1.29 is 15.3 Å². The first-order valence-electron chi connectivity index (χ1n) is 5.80. The van der Waals surface area contributed by atoms with Crippen molar-refractivity contribution in [3.63, 3.8) is 0 Å². The molecule has 0 saturated carbocycles. The number of benzene rings is 1. The standard InChI is InChI=1S/C14H10N2O4/c17-10-4-3-8(6-12(10)19)9-7-13(20)16-5-1-2-11(18)14(16)15-9/h1-7,17-19H. The van der Waals surface area contributed by atoms with E-state index >= 15 is 0 Å². The van der Waals surface area contributed by atoms with Crippen LogP contribution >= 0.6 is 0 Å². The predicted molar refractivity (Wildman–Crippen MR) is 71.9 cm³/mol. The molecule has 1 aromatic carbocycles. The van der Waals surface area contributed by atoms with Crippen LogP contribution in [0.15, 0.2) is 47.4 Å². The van der Waals surface area contributed by atoms with Gasteiger partial charge in [-0.25, -0.2) is 4.98 Å². The molecule has 0 radical (unpaired) electrons. The number of hydrogen-bond acceptors (Lipinski definition) is 5. The summed E-state index contributed by atoms with van der Waals surface area (Å²) >= 11 is 0. The molecule has 0 unspecified atom stereocenters. The fourth-order valence-electron chi connectivity index (χ4n) is 1.94. The SMILES string of the molecule is O=c1cc(-c2ccc(O)c(O)c2)nc2c(O)cccn12. The normalized spacial score (nSPS) is 10.8. The van der Waals surface area contributed by atoms with Gasteiger partial charge in [0.25, 0.3) is 5.56 Å². The van der Waals surface area contributed by atoms with Crippen LogP contribution < -0.4 is 5.56 Å². The molecule has 100 valence electrons. The second-order valence-electron chi connectivity index (χ2n) is 4.27. The Hall–Kier alpha value is -3.02. The Kier molecular flexibility index (Phi) is 2.57. The summed E-state index contributed by atoms with van der Waals surface area (Å²) in [5.41, 5.74) is 0.533. The average Bonchev–Trinajstić information content (AvgIpc) is 2.43. The second kappa shape index (κ2) is 4.27. The number of pyridine rings is 1. The van der Waals surface area contributed by atoms with E-state index in [0.717, 1.165) is 0 Å². The van der Waals surface area contributed by atoms with Crippen molar-refractivity contribution in [2.24, 2.45) is 0 Å². The quantitative estimate of drug-likeness (QED) is 0.582. The van der Waals surface area contributed by atoms with Crippen LogP contribution in [0.2, 0.25) is 0 Å². The molecule has 3 N–H and O–H groups in total. The molecule has 0 aliphatic rings. The van der Waals surface area contributed by atoms with Crippen LogP contribution in [0, 0.1) is 0 Å². The van der Waals surface area contributed by atoms with Crippen LogP contribution in [0.5, 0.6) is 17.2 Å². The fourth-order valence-corrected chi connectivity index (χ4v) is 1.94. The first-order valence-corrected chi connectivity index (χ1v) is 5.80. The van der Waals surface area contributed by atoms with Gasteiger partial charge in [-0.15, -0.1) is 0 Å². The molecule has 2 aromatic heterocycles. The molecule has 2 heterocycles. The lowest BCUT2D eigenvalue weighted by atomic mass is 10.1. The largest absolute Gasteiger partial charge is 0.504 e. The van der Waals surface area contributed by atoms with E-state index in [0.29, 0.717) is 11.3 Å². The Morgan fingerprint density at radius 1 is 0.950 bits per heavy atom. The van der Waals surface area contributed by atoms with Crippen molar-refractivity contribution in [1.82, 2.24) is 9.38 Å². The van der Waals surface area contributed by atoms with Crippen LogP contribution in [0.3, 0.4) is 0 Å². The third-order valence-corrected chi connectivity index (χ3v) is 2.94. The zero-order valence-corrected chi connectivity index (χ0v) is 10.2. The summed E-state index contributed by atoms with van der Waals surface area (Å²) in [4.78, 5) is 16.2. The van der Waals surface area contributed by atoms with E-state index in [-0.39, 0.29) is 28.5 Å². The lowest BCUT2D eigenvalue weighted by Crippen LogP contribution is -2.13.